The second-order valence-electron chi connectivity index (χ2n) is 6.30. The van der Waals surface area contributed by atoms with Gasteiger partial charge in [-0.3, -0.25) is 4.79 Å². The first-order valence-electron chi connectivity index (χ1n) is 8.97. The summed E-state index contributed by atoms with van der Waals surface area (Å²) in [5.41, 5.74) is -0.654. The Bertz CT molecular complexity index is 656. The van der Waals surface area contributed by atoms with Gasteiger partial charge in [-0.1, -0.05) is 31.4 Å². The molecule has 0 bridgehead atoms. The van der Waals surface area contributed by atoms with Crippen molar-refractivity contribution in [2.75, 3.05) is 20.3 Å². The van der Waals surface area contributed by atoms with E-state index in [-0.39, 0.29) is 5.91 Å². The Morgan fingerprint density at radius 3 is 2.46 bits per heavy atom. The minimum atomic E-state index is -0.971. The van der Waals surface area contributed by atoms with Crippen LogP contribution in [0.3, 0.4) is 0 Å². The number of amides is 1. The Hall–Kier alpha value is -1.95. The largest absolute Gasteiger partial charge is 0.490 e. The van der Waals surface area contributed by atoms with Crippen LogP contribution in [0, 0.1) is 0 Å². The SMILES string of the molecule is CCCOc1c(Cl)cc(C(=O)NC2(C(=O)OC)CCCC2)cc1OCC. The molecule has 6 nitrogen and oxygen atoms in total. The maximum Gasteiger partial charge on any atom is 0.331 e. The number of esters is 1. The van der Waals surface area contributed by atoms with Gasteiger partial charge in [-0.05, 0) is 38.3 Å². The molecule has 1 fully saturated rings. The molecule has 0 spiro atoms. The maximum atomic E-state index is 12.8. The van der Waals surface area contributed by atoms with Crippen molar-refractivity contribution < 1.29 is 23.8 Å². The topological polar surface area (TPSA) is 73.9 Å². The monoisotopic (exact) mass is 383 g/mol. The zero-order valence-electron chi connectivity index (χ0n) is 15.5. The second-order valence-corrected chi connectivity index (χ2v) is 6.71. The summed E-state index contributed by atoms with van der Waals surface area (Å²) in [6.45, 7) is 4.74. The number of halogens is 1. The molecule has 0 aromatic heterocycles. The number of rotatable bonds is 8. The van der Waals surface area contributed by atoms with Gasteiger partial charge in [0.1, 0.15) is 5.54 Å². The fraction of sp³-hybridized carbons (Fsp3) is 0.579. The molecule has 1 aromatic carbocycles. The molecule has 144 valence electrons. The summed E-state index contributed by atoms with van der Waals surface area (Å²) in [6, 6.07) is 3.12. The Labute approximate surface area is 159 Å². The van der Waals surface area contributed by atoms with E-state index in [0.29, 0.717) is 48.1 Å². The molecule has 1 saturated carbocycles. The summed E-state index contributed by atoms with van der Waals surface area (Å²) in [4.78, 5) is 25.0. The van der Waals surface area contributed by atoms with E-state index in [2.05, 4.69) is 5.32 Å². The van der Waals surface area contributed by atoms with Crippen LogP contribution in [0.2, 0.25) is 5.02 Å². The molecule has 1 aliphatic rings. The zero-order valence-corrected chi connectivity index (χ0v) is 16.3. The molecule has 0 atom stereocenters. The summed E-state index contributed by atoms with van der Waals surface area (Å²) in [7, 11) is 1.33. The molecule has 26 heavy (non-hydrogen) atoms. The molecule has 1 aromatic rings. The van der Waals surface area contributed by atoms with Crippen LogP contribution in [0.4, 0.5) is 0 Å². The van der Waals surface area contributed by atoms with Crippen LogP contribution in [0.5, 0.6) is 11.5 Å². The predicted molar refractivity (Wildman–Crippen MR) is 99.1 cm³/mol. The molecule has 0 unspecified atom stereocenters. The van der Waals surface area contributed by atoms with Gasteiger partial charge < -0.3 is 19.5 Å². The minimum absolute atomic E-state index is 0.299. The number of ether oxygens (including phenoxy) is 3. The van der Waals surface area contributed by atoms with E-state index in [9.17, 15) is 9.59 Å². The van der Waals surface area contributed by atoms with Gasteiger partial charge in [0.25, 0.3) is 5.91 Å². The number of carbonyl (C=O) groups is 2. The molecule has 0 saturated heterocycles. The smallest absolute Gasteiger partial charge is 0.331 e. The average molecular weight is 384 g/mol. The van der Waals surface area contributed by atoms with E-state index in [1.807, 2.05) is 13.8 Å². The van der Waals surface area contributed by atoms with Crippen molar-refractivity contribution in [2.45, 2.75) is 51.5 Å². The van der Waals surface area contributed by atoms with Crippen LogP contribution in [0.25, 0.3) is 0 Å². The first-order chi connectivity index (χ1) is 12.5. The fourth-order valence-corrected chi connectivity index (χ4v) is 3.42. The van der Waals surface area contributed by atoms with Crippen LogP contribution in [0.1, 0.15) is 56.3 Å². The van der Waals surface area contributed by atoms with Gasteiger partial charge in [0.2, 0.25) is 0 Å². The van der Waals surface area contributed by atoms with E-state index in [1.165, 1.54) is 13.2 Å². The van der Waals surface area contributed by atoms with E-state index in [1.54, 1.807) is 6.07 Å². The predicted octanol–water partition coefficient (Wildman–Crippen LogP) is 3.74. The van der Waals surface area contributed by atoms with E-state index < -0.39 is 11.5 Å². The number of hydrogen-bond donors (Lipinski definition) is 1. The molecule has 1 aliphatic carbocycles. The quantitative estimate of drug-likeness (QED) is 0.692. The summed E-state index contributed by atoms with van der Waals surface area (Å²) >= 11 is 6.31. The van der Waals surface area contributed by atoms with Crippen molar-refractivity contribution in [3.05, 3.63) is 22.7 Å². The van der Waals surface area contributed by atoms with Gasteiger partial charge in [0.15, 0.2) is 11.5 Å². The molecular weight excluding hydrogens is 358 g/mol. The van der Waals surface area contributed by atoms with Crippen LogP contribution in [-0.2, 0) is 9.53 Å². The van der Waals surface area contributed by atoms with Crippen LogP contribution in [0.15, 0.2) is 12.1 Å². The molecule has 1 amide bonds. The van der Waals surface area contributed by atoms with Gasteiger partial charge >= 0.3 is 5.97 Å². The molecule has 0 heterocycles. The highest BCUT2D eigenvalue weighted by Gasteiger charge is 2.43. The Morgan fingerprint density at radius 1 is 1.19 bits per heavy atom. The third kappa shape index (κ3) is 4.41. The maximum absolute atomic E-state index is 12.8. The fourth-order valence-electron chi connectivity index (χ4n) is 3.15. The number of hydrogen-bond acceptors (Lipinski definition) is 5. The molecule has 7 heteroatoms. The normalized spacial score (nSPS) is 15.4. The lowest BCUT2D eigenvalue weighted by molar-refractivity contribution is -0.148. The van der Waals surface area contributed by atoms with E-state index >= 15 is 0 Å². The lowest BCUT2D eigenvalue weighted by atomic mass is 9.97. The molecule has 2 rings (SSSR count). The van der Waals surface area contributed by atoms with Gasteiger partial charge in [-0.25, -0.2) is 4.79 Å². The Balaban J connectivity index is 2.29. The standard InChI is InChI=1S/C19H26ClNO5/c1-4-10-26-16-14(20)11-13(12-15(16)25-5-2)17(22)21-19(18(23)24-3)8-6-7-9-19/h11-12H,4-10H2,1-3H3,(H,21,22). The highest BCUT2D eigenvalue weighted by atomic mass is 35.5. The zero-order chi connectivity index (χ0) is 19.2. The third-order valence-corrected chi connectivity index (χ3v) is 4.69. The summed E-state index contributed by atoms with van der Waals surface area (Å²) < 4.78 is 16.1. The van der Waals surface area contributed by atoms with Crippen molar-refractivity contribution in [2.24, 2.45) is 0 Å². The van der Waals surface area contributed by atoms with Crippen molar-refractivity contribution in [3.63, 3.8) is 0 Å². The first kappa shape index (κ1) is 20.4. The highest BCUT2D eigenvalue weighted by Crippen LogP contribution is 2.37. The van der Waals surface area contributed by atoms with Gasteiger partial charge in [0, 0.05) is 5.56 Å². The molecular formula is C19H26ClNO5. The first-order valence-corrected chi connectivity index (χ1v) is 9.35. The number of benzene rings is 1. The highest BCUT2D eigenvalue weighted by molar-refractivity contribution is 6.32. The van der Waals surface area contributed by atoms with E-state index in [0.717, 1.165) is 19.3 Å². The lowest BCUT2D eigenvalue weighted by Gasteiger charge is -2.27. The molecule has 0 radical (unpaired) electrons. The summed E-state index contributed by atoms with van der Waals surface area (Å²) in [6.07, 6.45) is 3.68. The Morgan fingerprint density at radius 2 is 1.88 bits per heavy atom. The number of methoxy groups -OCH3 is 1. The molecule has 1 N–H and O–H groups in total. The van der Waals surface area contributed by atoms with Crippen molar-refractivity contribution in [1.29, 1.82) is 0 Å². The second kappa shape index (κ2) is 9.12. The van der Waals surface area contributed by atoms with Crippen LogP contribution >= 0.6 is 11.6 Å². The van der Waals surface area contributed by atoms with Gasteiger partial charge in [-0.15, -0.1) is 0 Å². The summed E-state index contributed by atoms with van der Waals surface area (Å²) in [5.74, 6) is 0.0391. The Kier molecular flexibility index (Phi) is 7.14. The van der Waals surface area contributed by atoms with Crippen molar-refractivity contribution >= 4 is 23.5 Å². The number of nitrogens with one attached hydrogen (secondary N) is 1. The lowest BCUT2D eigenvalue weighted by Crippen LogP contribution is -2.53. The molecule has 0 aliphatic heterocycles. The van der Waals surface area contributed by atoms with E-state index in [4.69, 9.17) is 25.8 Å². The van der Waals surface area contributed by atoms with Crippen molar-refractivity contribution in [1.82, 2.24) is 5.32 Å². The van der Waals surface area contributed by atoms with Gasteiger partial charge in [-0.2, -0.15) is 0 Å². The third-order valence-electron chi connectivity index (χ3n) is 4.41. The average Bonchev–Trinajstić information content (AvgIpc) is 3.10. The number of carbonyl (C=O) groups excluding carboxylic acids is 2. The summed E-state index contributed by atoms with van der Waals surface area (Å²) in [5, 5.41) is 3.15. The van der Waals surface area contributed by atoms with Crippen molar-refractivity contribution in [3.8, 4) is 11.5 Å². The minimum Gasteiger partial charge on any atom is -0.490 e. The van der Waals surface area contributed by atoms with Crippen LogP contribution in [-0.4, -0.2) is 37.7 Å². The van der Waals surface area contributed by atoms with Gasteiger partial charge in [0.05, 0.1) is 25.3 Å². The van der Waals surface area contributed by atoms with Crippen LogP contribution < -0.4 is 14.8 Å².